The van der Waals surface area contributed by atoms with Crippen LogP contribution in [-0.2, 0) is 16.0 Å². The molecular formula is C15H20INO4. The van der Waals surface area contributed by atoms with Crippen molar-refractivity contribution < 1.29 is 19.4 Å². The monoisotopic (exact) mass is 405 g/mol. The fourth-order valence-corrected chi connectivity index (χ4v) is 2.07. The molecule has 0 saturated heterocycles. The SMILES string of the molecule is CC(C)(C)OC(=O)N[C@@](C)(Cc1ccc(I)cc1)C(=O)O. The van der Waals surface area contributed by atoms with Crippen LogP contribution < -0.4 is 5.32 Å². The first-order chi connectivity index (χ1) is 9.52. The Morgan fingerprint density at radius 3 is 2.14 bits per heavy atom. The van der Waals surface area contributed by atoms with Gasteiger partial charge in [0.15, 0.2) is 0 Å². The molecule has 1 aromatic carbocycles. The van der Waals surface area contributed by atoms with E-state index in [9.17, 15) is 14.7 Å². The number of alkyl carbamates (subject to hydrolysis) is 1. The molecule has 0 unspecified atom stereocenters. The van der Waals surface area contributed by atoms with Gasteiger partial charge in [0.25, 0.3) is 0 Å². The molecule has 5 nitrogen and oxygen atoms in total. The van der Waals surface area contributed by atoms with Gasteiger partial charge in [-0.15, -0.1) is 0 Å². The topological polar surface area (TPSA) is 75.6 Å². The third-order valence-electron chi connectivity index (χ3n) is 2.72. The zero-order valence-electron chi connectivity index (χ0n) is 12.6. The van der Waals surface area contributed by atoms with Gasteiger partial charge in [0.2, 0.25) is 0 Å². The smallest absolute Gasteiger partial charge is 0.408 e. The minimum Gasteiger partial charge on any atom is -0.480 e. The second-order valence-corrected chi connectivity index (χ2v) is 7.31. The van der Waals surface area contributed by atoms with Gasteiger partial charge in [0, 0.05) is 9.99 Å². The summed E-state index contributed by atoms with van der Waals surface area (Å²) in [5.41, 5.74) is -1.27. The Kier molecular flexibility index (Phi) is 5.61. The minimum absolute atomic E-state index is 0.179. The van der Waals surface area contributed by atoms with Crippen molar-refractivity contribution in [2.75, 3.05) is 0 Å². The number of carbonyl (C=O) groups excluding carboxylic acids is 1. The predicted molar refractivity (Wildman–Crippen MR) is 88.3 cm³/mol. The highest BCUT2D eigenvalue weighted by Gasteiger charge is 2.36. The van der Waals surface area contributed by atoms with Crippen LogP contribution in [0, 0.1) is 3.57 Å². The van der Waals surface area contributed by atoms with Crippen molar-refractivity contribution in [2.24, 2.45) is 0 Å². The van der Waals surface area contributed by atoms with Crippen molar-refractivity contribution in [3.8, 4) is 0 Å². The van der Waals surface area contributed by atoms with Crippen molar-refractivity contribution in [1.82, 2.24) is 5.32 Å². The first-order valence-corrected chi connectivity index (χ1v) is 7.59. The molecule has 0 heterocycles. The molecule has 0 bridgehead atoms. The van der Waals surface area contributed by atoms with Gasteiger partial charge in [0.1, 0.15) is 11.1 Å². The highest BCUT2D eigenvalue weighted by atomic mass is 127. The maximum Gasteiger partial charge on any atom is 0.408 e. The molecule has 21 heavy (non-hydrogen) atoms. The lowest BCUT2D eigenvalue weighted by Crippen LogP contribution is -2.54. The van der Waals surface area contributed by atoms with E-state index in [1.54, 1.807) is 20.8 Å². The van der Waals surface area contributed by atoms with Crippen LogP contribution in [-0.4, -0.2) is 28.3 Å². The van der Waals surface area contributed by atoms with Crippen molar-refractivity contribution in [3.05, 3.63) is 33.4 Å². The number of rotatable bonds is 4. The van der Waals surface area contributed by atoms with Crippen LogP contribution in [0.2, 0.25) is 0 Å². The number of benzene rings is 1. The van der Waals surface area contributed by atoms with Gasteiger partial charge >= 0.3 is 12.1 Å². The maximum atomic E-state index is 11.8. The third kappa shape index (κ3) is 5.91. The Bertz CT molecular complexity index is 521. The summed E-state index contributed by atoms with van der Waals surface area (Å²) in [4.78, 5) is 23.3. The van der Waals surface area contributed by atoms with E-state index in [2.05, 4.69) is 27.9 Å². The molecule has 0 saturated carbocycles. The van der Waals surface area contributed by atoms with Gasteiger partial charge in [0.05, 0.1) is 0 Å². The summed E-state index contributed by atoms with van der Waals surface area (Å²) in [6, 6.07) is 7.48. The Morgan fingerprint density at radius 2 is 1.71 bits per heavy atom. The van der Waals surface area contributed by atoms with Crippen LogP contribution in [0.15, 0.2) is 24.3 Å². The Hall–Kier alpha value is -1.31. The van der Waals surface area contributed by atoms with E-state index in [-0.39, 0.29) is 6.42 Å². The fraction of sp³-hybridized carbons (Fsp3) is 0.467. The molecule has 0 aromatic heterocycles. The van der Waals surface area contributed by atoms with E-state index < -0.39 is 23.2 Å². The molecule has 1 aromatic rings. The highest BCUT2D eigenvalue weighted by Crippen LogP contribution is 2.17. The minimum atomic E-state index is -1.42. The third-order valence-corrected chi connectivity index (χ3v) is 3.44. The largest absolute Gasteiger partial charge is 0.480 e. The number of amides is 1. The lowest BCUT2D eigenvalue weighted by Gasteiger charge is -2.28. The maximum absolute atomic E-state index is 11.8. The van der Waals surface area contributed by atoms with Gasteiger partial charge in [-0.25, -0.2) is 9.59 Å². The molecule has 2 N–H and O–H groups in total. The molecule has 0 fully saturated rings. The van der Waals surface area contributed by atoms with Crippen molar-refractivity contribution in [3.63, 3.8) is 0 Å². The van der Waals surface area contributed by atoms with Crippen LogP contribution in [0.1, 0.15) is 33.3 Å². The number of hydrogen-bond acceptors (Lipinski definition) is 3. The number of hydrogen-bond donors (Lipinski definition) is 2. The summed E-state index contributed by atoms with van der Waals surface area (Å²) in [6.45, 7) is 6.65. The Labute approximate surface area is 138 Å². The Balaban J connectivity index is 2.86. The molecule has 1 amide bonds. The summed E-state index contributed by atoms with van der Waals surface area (Å²) in [5, 5.41) is 11.9. The summed E-state index contributed by atoms with van der Waals surface area (Å²) in [7, 11) is 0. The quantitative estimate of drug-likeness (QED) is 0.755. The first-order valence-electron chi connectivity index (χ1n) is 6.51. The number of carboxylic acids is 1. The number of nitrogens with one attached hydrogen (secondary N) is 1. The first kappa shape index (κ1) is 17.7. The number of carbonyl (C=O) groups is 2. The van der Waals surface area contributed by atoms with E-state index >= 15 is 0 Å². The molecule has 0 aliphatic rings. The van der Waals surface area contributed by atoms with Crippen LogP contribution in [0.3, 0.4) is 0 Å². The van der Waals surface area contributed by atoms with Crippen LogP contribution in [0.25, 0.3) is 0 Å². The second-order valence-electron chi connectivity index (χ2n) is 6.07. The zero-order valence-corrected chi connectivity index (χ0v) is 14.7. The molecule has 116 valence electrons. The van der Waals surface area contributed by atoms with Crippen molar-refractivity contribution in [1.29, 1.82) is 0 Å². The Morgan fingerprint density at radius 1 is 1.19 bits per heavy atom. The van der Waals surface area contributed by atoms with Gasteiger partial charge in [-0.05, 0) is 68.0 Å². The van der Waals surface area contributed by atoms with E-state index in [4.69, 9.17) is 4.74 Å². The van der Waals surface area contributed by atoms with Crippen molar-refractivity contribution in [2.45, 2.75) is 45.3 Å². The number of halogens is 1. The molecule has 1 rings (SSSR count). The van der Waals surface area contributed by atoms with Gasteiger partial charge in [-0.1, -0.05) is 12.1 Å². The lowest BCUT2D eigenvalue weighted by atomic mass is 9.93. The molecule has 6 heteroatoms. The summed E-state index contributed by atoms with van der Waals surface area (Å²) in [5.74, 6) is -1.10. The van der Waals surface area contributed by atoms with E-state index in [1.165, 1.54) is 6.92 Å². The van der Waals surface area contributed by atoms with Gasteiger partial charge in [-0.2, -0.15) is 0 Å². The van der Waals surface area contributed by atoms with Crippen molar-refractivity contribution >= 4 is 34.7 Å². The highest BCUT2D eigenvalue weighted by molar-refractivity contribution is 14.1. The number of aliphatic carboxylic acids is 1. The number of carboxylic acid groups (broad SMARTS) is 1. The summed E-state index contributed by atoms with van der Waals surface area (Å²) in [6.07, 6.45) is -0.559. The van der Waals surface area contributed by atoms with E-state index in [0.717, 1.165) is 9.13 Å². The second kappa shape index (κ2) is 6.64. The van der Waals surface area contributed by atoms with Crippen LogP contribution in [0.4, 0.5) is 4.79 Å². The number of ether oxygens (including phenoxy) is 1. The average molecular weight is 405 g/mol. The predicted octanol–water partition coefficient (Wildman–Crippen LogP) is 3.20. The summed E-state index contributed by atoms with van der Waals surface area (Å²) >= 11 is 2.18. The molecule has 0 aliphatic heterocycles. The molecule has 0 radical (unpaired) electrons. The van der Waals surface area contributed by atoms with Gasteiger partial charge < -0.3 is 15.2 Å². The normalized spacial score (nSPS) is 14.1. The lowest BCUT2D eigenvalue weighted by molar-refractivity contribution is -0.144. The van der Waals surface area contributed by atoms with Gasteiger partial charge in [-0.3, -0.25) is 0 Å². The van der Waals surface area contributed by atoms with E-state index in [1.807, 2.05) is 24.3 Å². The molecule has 0 spiro atoms. The molecule has 1 atom stereocenters. The standard InChI is InChI=1S/C15H20INO4/c1-14(2,3)21-13(20)17-15(4,12(18)19)9-10-5-7-11(16)8-6-10/h5-8H,9H2,1-4H3,(H,17,20)(H,18,19)/t15-/m0/s1. The average Bonchev–Trinajstić information content (AvgIpc) is 2.29. The van der Waals surface area contributed by atoms with Crippen LogP contribution >= 0.6 is 22.6 Å². The summed E-state index contributed by atoms with van der Waals surface area (Å²) < 4.78 is 6.19. The zero-order chi connectivity index (χ0) is 16.3. The molecule has 0 aliphatic carbocycles. The molecular weight excluding hydrogens is 385 g/mol. The van der Waals surface area contributed by atoms with E-state index in [0.29, 0.717) is 0 Å². The van der Waals surface area contributed by atoms with Crippen LogP contribution in [0.5, 0.6) is 0 Å². The fourth-order valence-electron chi connectivity index (χ4n) is 1.71.